The van der Waals surface area contributed by atoms with E-state index in [1.807, 2.05) is 6.92 Å². The van der Waals surface area contributed by atoms with E-state index in [4.69, 9.17) is 4.74 Å². The van der Waals surface area contributed by atoms with Crippen LogP contribution in [0.1, 0.15) is 46.5 Å². The highest BCUT2D eigenvalue weighted by molar-refractivity contribution is 5.81. The van der Waals surface area contributed by atoms with Crippen molar-refractivity contribution in [3.8, 4) is 0 Å². The van der Waals surface area contributed by atoms with E-state index in [-0.39, 0.29) is 11.9 Å². The monoisotopic (exact) mass is 270 g/mol. The smallest absolute Gasteiger partial charge is 0.236 e. The maximum absolute atomic E-state index is 11.9. The Kier molecular flexibility index (Phi) is 7.39. The molecule has 0 heterocycles. The number of carbonyl (C=O) groups is 1. The largest absolute Gasteiger partial charge is 0.385 e. The van der Waals surface area contributed by atoms with Gasteiger partial charge in [0.15, 0.2) is 0 Å². The minimum absolute atomic E-state index is 0.0991. The Morgan fingerprint density at radius 3 is 2.47 bits per heavy atom. The van der Waals surface area contributed by atoms with E-state index in [0.29, 0.717) is 19.2 Å². The van der Waals surface area contributed by atoms with Gasteiger partial charge in [0, 0.05) is 26.3 Å². The molecule has 1 aliphatic carbocycles. The summed E-state index contributed by atoms with van der Waals surface area (Å²) in [4.78, 5) is 11.9. The lowest BCUT2D eigenvalue weighted by atomic mass is 9.80. The molecule has 1 aliphatic rings. The van der Waals surface area contributed by atoms with Crippen LogP contribution in [-0.4, -0.2) is 38.3 Å². The van der Waals surface area contributed by atoms with Crippen molar-refractivity contribution in [1.82, 2.24) is 10.6 Å². The Balaban J connectivity index is 2.25. The van der Waals surface area contributed by atoms with E-state index in [2.05, 4.69) is 24.5 Å². The van der Waals surface area contributed by atoms with Crippen LogP contribution in [-0.2, 0) is 9.53 Å². The van der Waals surface area contributed by atoms with E-state index in [1.165, 1.54) is 19.3 Å². The SMILES string of the molecule is COCCCNC(=O)C(C)NC1CC(C)CC(C)C1. The lowest BCUT2D eigenvalue weighted by Crippen LogP contribution is -2.48. The molecule has 0 aromatic carbocycles. The van der Waals surface area contributed by atoms with Gasteiger partial charge in [-0.05, 0) is 44.4 Å². The fraction of sp³-hybridized carbons (Fsp3) is 0.933. The highest BCUT2D eigenvalue weighted by Crippen LogP contribution is 2.28. The van der Waals surface area contributed by atoms with E-state index in [1.54, 1.807) is 7.11 Å². The van der Waals surface area contributed by atoms with Crippen LogP contribution in [0, 0.1) is 11.8 Å². The molecule has 0 radical (unpaired) electrons. The van der Waals surface area contributed by atoms with E-state index in [9.17, 15) is 4.79 Å². The molecule has 0 aromatic rings. The highest BCUT2D eigenvalue weighted by atomic mass is 16.5. The summed E-state index contributed by atoms with van der Waals surface area (Å²) in [5.74, 6) is 1.62. The van der Waals surface area contributed by atoms with Gasteiger partial charge in [-0.25, -0.2) is 0 Å². The molecule has 0 aromatic heterocycles. The second-order valence-electron chi connectivity index (χ2n) is 6.14. The Hall–Kier alpha value is -0.610. The summed E-state index contributed by atoms with van der Waals surface area (Å²) in [6.45, 7) is 7.95. The van der Waals surface area contributed by atoms with Gasteiger partial charge in [-0.3, -0.25) is 4.79 Å². The van der Waals surface area contributed by atoms with Gasteiger partial charge >= 0.3 is 0 Å². The molecule has 0 aliphatic heterocycles. The average Bonchev–Trinajstić information content (AvgIpc) is 2.33. The Morgan fingerprint density at radius 2 is 1.89 bits per heavy atom. The van der Waals surface area contributed by atoms with Crippen molar-refractivity contribution in [3.05, 3.63) is 0 Å². The number of methoxy groups -OCH3 is 1. The van der Waals surface area contributed by atoms with Crippen LogP contribution in [0.25, 0.3) is 0 Å². The Bertz CT molecular complexity index is 261. The lowest BCUT2D eigenvalue weighted by Gasteiger charge is -2.33. The van der Waals surface area contributed by atoms with Gasteiger partial charge < -0.3 is 15.4 Å². The maximum Gasteiger partial charge on any atom is 0.236 e. The maximum atomic E-state index is 11.9. The first-order valence-electron chi connectivity index (χ1n) is 7.55. The molecule has 19 heavy (non-hydrogen) atoms. The van der Waals surface area contributed by atoms with Crippen molar-refractivity contribution in [1.29, 1.82) is 0 Å². The van der Waals surface area contributed by atoms with Gasteiger partial charge in [0.2, 0.25) is 5.91 Å². The Morgan fingerprint density at radius 1 is 1.26 bits per heavy atom. The predicted molar refractivity (Wildman–Crippen MR) is 78.1 cm³/mol. The van der Waals surface area contributed by atoms with Crippen molar-refractivity contribution in [2.24, 2.45) is 11.8 Å². The van der Waals surface area contributed by atoms with Crippen molar-refractivity contribution < 1.29 is 9.53 Å². The molecule has 3 unspecified atom stereocenters. The zero-order chi connectivity index (χ0) is 14.3. The van der Waals surface area contributed by atoms with E-state index in [0.717, 1.165) is 18.3 Å². The summed E-state index contributed by atoms with van der Waals surface area (Å²) in [7, 11) is 1.68. The second kappa shape index (κ2) is 8.54. The summed E-state index contributed by atoms with van der Waals surface area (Å²) in [6, 6.07) is 0.378. The zero-order valence-electron chi connectivity index (χ0n) is 12.9. The number of hydrogen-bond donors (Lipinski definition) is 2. The molecular formula is C15H30N2O2. The molecule has 1 fully saturated rings. The van der Waals surface area contributed by atoms with Gasteiger partial charge in [0.1, 0.15) is 0 Å². The van der Waals surface area contributed by atoms with Crippen LogP contribution in [0.5, 0.6) is 0 Å². The highest BCUT2D eigenvalue weighted by Gasteiger charge is 2.26. The molecule has 112 valence electrons. The third-order valence-electron chi connectivity index (χ3n) is 3.88. The quantitative estimate of drug-likeness (QED) is 0.695. The molecule has 3 atom stereocenters. The molecule has 2 N–H and O–H groups in total. The minimum atomic E-state index is -0.106. The van der Waals surface area contributed by atoms with Crippen molar-refractivity contribution in [3.63, 3.8) is 0 Å². The summed E-state index contributed by atoms with van der Waals surface area (Å²) in [5.41, 5.74) is 0. The minimum Gasteiger partial charge on any atom is -0.385 e. The third kappa shape index (κ3) is 6.39. The summed E-state index contributed by atoms with van der Waals surface area (Å²) < 4.78 is 4.96. The van der Waals surface area contributed by atoms with Crippen LogP contribution < -0.4 is 10.6 Å². The summed E-state index contributed by atoms with van der Waals surface area (Å²) in [5, 5.41) is 6.42. The lowest BCUT2D eigenvalue weighted by molar-refractivity contribution is -0.123. The number of rotatable bonds is 7. The third-order valence-corrected chi connectivity index (χ3v) is 3.88. The van der Waals surface area contributed by atoms with Crippen molar-refractivity contribution >= 4 is 5.91 Å². The van der Waals surface area contributed by atoms with Crippen LogP contribution in [0.2, 0.25) is 0 Å². The second-order valence-corrected chi connectivity index (χ2v) is 6.14. The van der Waals surface area contributed by atoms with Crippen molar-refractivity contribution in [2.75, 3.05) is 20.3 Å². The van der Waals surface area contributed by atoms with Gasteiger partial charge in [-0.15, -0.1) is 0 Å². The number of nitrogens with one attached hydrogen (secondary N) is 2. The topological polar surface area (TPSA) is 50.4 Å². The molecule has 1 rings (SSSR count). The molecule has 4 nitrogen and oxygen atoms in total. The van der Waals surface area contributed by atoms with Crippen LogP contribution in [0.4, 0.5) is 0 Å². The number of carbonyl (C=O) groups excluding carboxylic acids is 1. The number of ether oxygens (including phenoxy) is 1. The first kappa shape index (κ1) is 16.4. The molecule has 0 saturated heterocycles. The number of hydrogen-bond acceptors (Lipinski definition) is 3. The molecule has 0 spiro atoms. The summed E-state index contributed by atoms with van der Waals surface area (Å²) >= 11 is 0. The summed E-state index contributed by atoms with van der Waals surface area (Å²) in [6.07, 6.45) is 4.56. The van der Waals surface area contributed by atoms with Gasteiger partial charge in [0.05, 0.1) is 6.04 Å². The van der Waals surface area contributed by atoms with Crippen molar-refractivity contribution in [2.45, 2.75) is 58.5 Å². The van der Waals surface area contributed by atoms with Crippen LogP contribution in [0.3, 0.4) is 0 Å². The molecular weight excluding hydrogens is 240 g/mol. The molecule has 4 heteroatoms. The molecule has 0 bridgehead atoms. The van der Waals surface area contributed by atoms with Crippen LogP contribution >= 0.6 is 0 Å². The van der Waals surface area contributed by atoms with Crippen LogP contribution in [0.15, 0.2) is 0 Å². The first-order valence-corrected chi connectivity index (χ1v) is 7.55. The fourth-order valence-corrected chi connectivity index (χ4v) is 3.09. The van der Waals surface area contributed by atoms with E-state index < -0.39 is 0 Å². The average molecular weight is 270 g/mol. The van der Waals surface area contributed by atoms with Gasteiger partial charge in [-0.2, -0.15) is 0 Å². The fourth-order valence-electron chi connectivity index (χ4n) is 3.09. The molecule has 1 saturated carbocycles. The van der Waals surface area contributed by atoms with Gasteiger partial charge in [-0.1, -0.05) is 13.8 Å². The van der Waals surface area contributed by atoms with Gasteiger partial charge in [0.25, 0.3) is 0 Å². The van der Waals surface area contributed by atoms with E-state index >= 15 is 0 Å². The molecule has 1 amide bonds. The standard InChI is InChI=1S/C15H30N2O2/c1-11-8-12(2)10-14(9-11)17-13(3)15(18)16-6-5-7-19-4/h11-14,17H,5-10H2,1-4H3,(H,16,18). The first-order chi connectivity index (χ1) is 9.02. The Labute approximate surface area is 117 Å². The zero-order valence-corrected chi connectivity index (χ0v) is 12.9. The normalized spacial score (nSPS) is 28.9. The number of amides is 1. The predicted octanol–water partition coefficient (Wildman–Crippen LogP) is 1.94.